The van der Waals surface area contributed by atoms with Crippen molar-refractivity contribution in [3.63, 3.8) is 0 Å². The molecule has 0 bridgehead atoms. The number of nitrogens with one attached hydrogen (secondary N) is 1. The Morgan fingerprint density at radius 2 is 1.80 bits per heavy atom. The van der Waals surface area contributed by atoms with Crippen LogP contribution in [0.2, 0.25) is 0 Å². The minimum Gasteiger partial charge on any atom is -0.455 e. The number of piperidine rings is 1. The molecule has 30 heavy (non-hydrogen) atoms. The molecule has 0 unspecified atom stereocenters. The number of nitrogens with zero attached hydrogens (tertiary/aromatic N) is 2. The smallest absolute Gasteiger partial charge is 0.309 e. The number of hydrogen-bond acceptors (Lipinski definition) is 6. The van der Waals surface area contributed by atoms with Crippen LogP contribution < -0.4 is 10.2 Å². The van der Waals surface area contributed by atoms with Crippen molar-refractivity contribution >= 4 is 28.9 Å². The van der Waals surface area contributed by atoms with Crippen molar-refractivity contribution in [1.82, 2.24) is 0 Å². The highest BCUT2D eigenvalue weighted by atomic mass is 16.6. The van der Waals surface area contributed by atoms with E-state index in [0.717, 1.165) is 6.42 Å². The summed E-state index contributed by atoms with van der Waals surface area (Å²) in [4.78, 5) is 37.1. The average Bonchev–Trinajstić information content (AvgIpc) is 2.78. The maximum atomic E-state index is 12.3. The summed E-state index contributed by atoms with van der Waals surface area (Å²) in [5, 5.41) is 13.9. The molecule has 2 aromatic rings. The van der Waals surface area contributed by atoms with Crippen molar-refractivity contribution in [3.8, 4) is 0 Å². The quantitative estimate of drug-likeness (QED) is 0.425. The topological polar surface area (TPSA) is 102 Å². The molecule has 1 aliphatic heterocycles. The number of benzene rings is 2. The van der Waals surface area contributed by atoms with Crippen LogP contribution in [-0.2, 0) is 20.7 Å². The Labute approximate surface area is 175 Å². The number of carbonyl (C=O) groups excluding carboxylic acids is 2. The zero-order chi connectivity index (χ0) is 21.5. The second-order valence-electron chi connectivity index (χ2n) is 7.21. The molecule has 2 aromatic carbocycles. The average molecular weight is 411 g/mol. The Bertz CT molecular complexity index is 905. The minimum atomic E-state index is -0.409. The number of ether oxygens (including phenoxy) is 1. The summed E-state index contributed by atoms with van der Waals surface area (Å²) in [6.45, 7) is 2.75. The van der Waals surface area contributed by atoms with Gasteiger partial charge in [0.15, 0.2) is 6.61 Å². The molecular formula is C22H25N3O5. The van der Waals surface area contributed by atoms with Gasteiger partial charge in [0.25, 0.3) is 11.6 Å². The molecule has 158 valence electrons. The lowest BCUT2D eigenvalue weighted by Gasteiger charge is -2.32. The summed E-state index contributed by atoms with van der Waals surface area (Å²) in [5.41, 5.74) is 2.45. The first-order valence-electron chi connectivity index (χ1n) is 10.0. The predicted molar refractivity (Wildman–Crippen MR) is 113 cm³/mol. The fraction of sp³-hybridized carbons (Fsp3) is 0.364. The summed E-state index contributed by atoms with van der Waals surface area (Å²) in [6, 6.07) is 14.1. The van der Waals surface area contributed by atoms with Crippen LogP contribution in [0.15, 0.2) is 48.5 Å². The molecule has 0 saturated carbocycles. The van der Waals surface area contributed by atoms with Gasteiger partial charge in [-0.1, -0.05) is 31.2 Å². The summed E-state index contributed by atoms with van der Waals surface area (Å²) in [5.74, 6) is -1.11. The van der Waals surface area contributed by atoms with E-state index in [-0.39, 0.29) is 24.1 Å². The highest BCUT2D eigenvalue weighted by Crippen LogP contribution is 2.31. The van der Waals surface area contributed by atoms with Crippen LogP contribution in [0.4, 0.5) is 17.1 Å². The number of nitro groups is 1. The van der Waals surface area contributed by atoms with Gasteiger partial charge in [0, 0.05) is 24.8 Å². The van der Waals surface area contributed by atoms with E-state index in [1.165, 1.54) is 11.6 Å². The Kier molecular flexibility index (Phi) is 7.00. The van der Waals surface area contributed by atoms with Gasteiger partial charge in [0.1, 0.15) is 5.69 Å². The van der Waals surface area contributed by atoms with Gasteiger partial charge < -0.3 is 15.0 Å². The lowest BCUT2D eigenvalue weighted by atomic mass is 9.96. The maximum absolute atomic E-state index is 12.3. The van der Waals surface area contributed by atoms with Crippen molar-refractivity contribution in [2.45, 2.75) is 26.2 Å². The zero-order valence-electron chi connectivity index (χ0n) is 16.9. The number of aryl methyl sites for hydroxylation is 1. The summed E-state index contributed by atoms with van der Waals surface area (Å²) < 4.78 is 5.19. The third-order valence-electron chi connectivity index (χ3n) is 5.24. The highest BCUT2D eigenvalue weighted by Gasteiger charge is 2.29. The molecule has 1 saturated heterocycles. The van der Waals surface area contributed by atoms with E-state index in [1.807, 2.05) is 29.2 Å². The predicted octanol–water partition coefficient (Wildman–Crippen LogP) is 3.56. The van der Waals surface area contributed by atoms with E-state index in [2.05, 4.69) is 12.2 Å². The van der Waals surface area contributed by atoms with E-state index in [0.29, 0.717) is 37.3 Å². The summed E-state index contributed by atoms with van der Waals surface area (Å²) >= 11 is 0. The van der Waals surface area contributed by atoms with Gasteiger partial charge in [-0.15, -0.1) is 0 Å². The van der Waals surface area contributed by atoms with Crippen molar-refractivity contribution in [2.75, 3.05) is 29.9 Å². The third kappa shape index (κ3) is 5.34. The van der Waals surface area contributed by atoms with Gasteiger partial charge in [0.05, 0.1) is 10.8 Å². The van der Waals surface area contributed by atoms with E-state index in [1.54, 1.807) is 18.2 Å². The Morgan fingerprint density at radius 1 is 1.13 bits per heavy atom. The summed E-state index contributed by atoms with van der Waals surface area (Å²) in [6.07, 6.45) is 1.96. The van der Waals surface area contributed by atoms with Crippen LogP contribution >= 0.6 is 0 Å². The second-order valence-corrected chi connectivity index (χ2v) is 7.21. The number of amides is 1. The first kappa shape index (κ1) is 21.3. The van der Waals surface area contributed by atoms with Gasteiger partial charge in [0.2, 0.25) is 0 Å². The van der Waals surface area contributed by atoms with Gasteiger partial charge in [-0.25, -0.2) is 0 Å². The van der Waals surface area contributed by atoms with Crippen molar-refractivity contribution < 1.29 is 19.2 Å². The molecule has 0 radical (unpaired) electrons. The largest absolute Gasteiger partial charge is 0.455 e. The van der Waals surface area contributed by atoms with Gasteiger partial charge >= 0.3 is 5.97 Å². The van der Waals surface area contributed by atoms with Crippen LogP contribution in [-0.4, -0.2) is 36.5 Å². The molecule has 1 aliphatic rings. The molecule has 3 rings (SSSR count). The van der Waals surface area contributed by atoms with Crippen molar-refractivity contribution in [2.24, 2.45) is 5.92 Å². The minimum absolute atomic E-state index is 0.0576. The van der Waals surface area contributed by atoms with Crippen LogP contribution in [0.25, 0.3) is 0 Å². The second kappa shape index (κ2) is 9.87. The molecule has 8 heteroatoms. The molecule has 8 nitrogen and oxygen atoms in total. The number of para-hydroxylation sites is 2. The van der Waals surface area contributed by atoms with Crippen molar-refractivity contribution in [3.05, 3.63) is 64.2 Å². The first-order chi connectivity index (χ1) is 14.5. The monoisotopic (exact) mass is 411 g/mol. The fourth-order valence-electron chi connectivity index (χ4n) is 3.52. The van der Waals surface area contributed by atoms with Gasteiger partial charge in [-0.05, 0) is 43.0 Å². The number of rotatable bonds is 7. The Balaban J connectivity index is 1.46. The van der Waals surface area contributed by atoms with E-state index >= 15 is 0 Å². The van der Waals surface area contributed by atoms with E-state index < -0.39 is 10.9 Å². The van der Waals surface area contributed by atoms with E-state index in [9.17, 15) is 19.7 Å². The highest BCUT2D eigenvalue weighted by molar-refractivity contribution is 5.92. The molecule has 0 aliphatic carbocycles. The standard InChI is InChI=1S/C22H25N3O5/c1-2-16-7-9-18(10-8-16)23-21(26)15-30-22(27)17-11-13-24(14-12-17)19-5-3-4-6-20(19)25(28)29/h3-10,17H,2,11-15H2,1H3,(H,23,26). The lowest BCUT2D eigenvalue weighted by Crippen LogP contribution is -2.37. The number of carbonyl (C=O) groups is 2. The Morgan fingerprint density at radius 3 is 2.43 bits per heavy atom. The normalized spacial score (nSPS) is 14.2. The maximum Gasteiger partial charge on any atom is 0.309 e. The number of anilines is 2. The molecule has 0 atom stereocenters. The number of hydrogen-bond donors (Lipinski definition) is 1. The SMILES string of the molecule is CCc1ccc(NC(=O)COC(=O)C2CCN(c3ccccc3[N+](=O)[O-])CC2)cc1. The van der Waals surface area contributed by atoms with Crippen LogP contribution in [0, 0.1) is 16.0 Å². The molecule has 1 N–H and O–H groups in total. The van der Waals surface area contributed by atoms with Crippen LogP contribution in [0.5, 0.6) is 0 Å². The number of nitro benzene ring substituents is 1. The zero-order valence-corrected chi connectivity index (χ0v) is 16.9. The summed E-state index contributed by atoms with van der Waals surface area (Å²) in [7, 11) is 0. The van der Waals surface area contributed by atoms with Crippen LogP contribution in [0.3, 0.4) is 0 Å². The molecule has 0 aromatic heterocycles. The lowest BCUT2D eigenvalue weighted by molar-refractivity contribution is -0.384. The Hall–Kier alpha value is -3.42. The molecule has 1 heterocycles. The number of esters is 1. The van der Waals surface area contributed by atoms with Gasteiger partial charge in [-0.2, -0.15) is 0 Å². The molecular weight excluding hydrogens is 386 g/mol. The van der Waals surface area contributed by atoms with Crippen molar-refractivity contribution in [1.29, 1.82) is 0 Å². The first-order valence-corrected chi connectivity index (χ1v) is 10.0. The van der Waals surface area contributed by atoms with Gasteiger partial charge in [-0.3, -0.25) is 19.7 Å². The molecule has 1 fully saturated rings. The fourth-order valence-corrected chi connectivity index (χ4v) is 3.52. The van der Waals surface area contributed by atoms with Crippen LogP contribution in [0.1, 0.15) is 25.3 Å². The molecule has 1 amide bonds. The molecule has 0 spiro atoms. The van der Waals surface area contributed by atoms with E-state index in [4.69, 9.17) is 4.74 Å². The third-order valence-corrected chi connectivity index (χ3v) is 5.24.